The largest absolute Gasteiger partial charge is 0.419 e. The average Bonchev–Trinajstić information content (AvgIpc) is 2.29. The fraction of sp³-hybridized carbons (Fsp3) is 0.571. The minimum Gasteiger partial charge on any atom is -0.317 e. The Labute approximate surface area is 110 Å². The highest BCUT2D eigenvalue weighted by molar-refractivity contribution is 5.31. The molecule has 5 heteroatoms. The van der Waals surface area contributed by atoms with Gasteiger partial charge in [0.2, 0.25) is 0 Å². The van der Waals surface area contributed by atoms with Crippen LogP contribution in [-0.2, 0) is 6.18 Å². The lowest BCUT2D eigenvalue weighted by Crippen LogP contribution is -2.33. The van der Waals surface area contributed by atoms with Crippen LogP contribution in [0.5, 0.6) is 0 Å². The summed E-state index contributed by atoms with van der Waals surface area (Å²) in [6.07, 6.45) is -2.74. The number of nitrogens with one attached hydrogen (secondary N) is 1. The highest BCUT2D eigenvalue weighted by atomic mass is 19.4. The van der Waals surface area contributed by atoms with Crippen LogP contribution < -0.4 is 5.32 Å². The molecule has 2 atom stereocenters. The zero-order chi connectivity index (χ0) is 14.0. The molecule has 0 aliphatic heterocycles. The predicted molar refractivity (Wildman–Crippen MR) is 65.4 cm³/mol. The maximum absolute atomic E-state index is 13.2. The molecule has 1 fully saturated rings. The number of hydrogen-bond donors (Lipinski definition) is 1. The Hall–Kier alpha value is -1.10. The van der Waals surface area contributed by atoms with Crippen molar-refractivity contribution >= 4 is 0 Å². The maximum Gasteiger partial charge on any atom is 0.419 e. The van der Waals surface area contributed by atoms with E-state index in [0.717, 1.165) is 38.1 Å². The molecule has 2 rings (SSSR count). The van der Waals surface area contributed by atoms with Crippen LogP contribution in [0.3, 0.4) is 0 Å². The van der Waals surface area contributed by atoms with Crippen molar-refractivity contribution in [1.29, 1.82) is 0 Å². The molecular weight excluding hydrogens is 258 g/mol. The molecule has 106 valence electrons. The van der Waals surface area contributed by atoms with E-state index in [2.05, 4.69) is 5.32 Å². The van der Waals surface area contributed by atoms with Gasteiger partial charge in [-0.2, -0.15) is 13.2 Å². The second kappa shape index (κ2) is 5.49. The van der Waals surface area contributed by atoms with Gasteiger partial charge in [-0.1, -0.05) is 13.0 Å². The van der Waals surface area contributed by atoms with Crippen LogP contribution in [0.1, 0.15) is 36.8 Å². The van der Waals surface area contributed by atoms with E-state index < -0.39 is 17.6 Å². The molecule has 1 N–H and O–H groups in total. The first-order valence-corrected chi connectivity index (χ1v) is 6.50. The summed E-state index contributed by atoms with van der Waals surface area (Å²) in [6, 6.07) is 3.38. The summed E-state index contributed by atoms with van der Waals surface area (Å²) in [6.45, 7) is 3.65. The van der Waals surface area contributed by atoms with Gasteiger partial charge < -0.3 is 5.32 Å². The zero-order valence-electron chi connectivity index (χ0n) is 10.7. The van der Waals surface area contributed by atoms with Crippen LogP contribution in [0.15, 0.2) is 18.2 Å². The molecule has 2 unspecified atom stereocenters. The van der Waals surface area contributed by atoms with Crippen molar-refractivity contribution in [2.75, 3.05) is 13.1 Å². The minimum absolute atomic E-state index is 0.112. The Kier molecular flexibility index (Phi) is 4.13. The molecule has 0 amide bonds. The van der Waals surface area contributed by atoms with Crippen LogP contribution in [0.2, 0.25) is 0 Å². The third-order valence-electron chi connectivity index (χ3n) is 3.80. The molecule has 0 saturated heterocycles. The summed E-state index contributed by atoms with van der Waals surface area (Å²) >= 11 is 0. The van der Waals surface area contributed by atoms with Gasteiger partial charge in [-0.15, -0.1) is 0 Å². The molecule has 1 nitrogen and oxygen atoms in total. The van der Waals surface area contributed by atoms with Gasteiger partial charge >= 0.3 is 6.18 Å². The lowest BCUT2D eigenvalue weighted by atomic mass is 9.69. The van der Waals surface area contributed by atoms with Crippen LogP contribution in [0.25, 0.3) is 0 Å². The molecule has 0 bridgehead atoms. The van der Waals surface area contributed by atoms with Crippen LogP contribution in [0.4, 0.5) is 17.6 Å². The van der Waals surface area contributed by atoms with Crippen LogP contribution in [-0.4, -0.2) is 13.1 Å². The topological polar surface area (TPSA) is 12.0 Å². The monoisotopic (exact) mass is 275 g/mol. The van der Waals surface area contributed by atoms with E-state index in [9.17, 15) is 17.6 Å². The van der Waals surface area contributed by atoms with Gasteiger partial charge in [0.1, 0.15) is 5.82 Å². The molecular formula is C14H17F4N. The lowest BCUT2D eigenvalue weighted by Gasteiger charge is -2.37. The fourth-order valence-electron chi connectivity index (χ4n) is 2.57. The molecule has 0 aromatic heterocycles. The highest BCUT2D eigenvalue weighted by Gasteiger charge is 2.37. The van der Waals surface area contributed by atoms with Crippen LogP contribution in [0, 0.1) is 11.7 Å². The van der Waals surface area contributed by atoms with Crippen molar-refractivity contribution < 1.29 is 17.6 Å². The van der Waals surface area contributed by atoms with E-state index in [1.807, 2.05) is 6.92 Å². The van der Waals surface area contributed by atoms with Gasteiger partial charge in [0, 0.05) is 0 Å². The summed E-state index contributed by atoms with van der Waals surface area (Å²) in [7, 11) is 0. The number of hydrogen-bond acceptors (Lipinski definition) is 1. The van der Waals surface area contributed by atoms with Crippen molar-refractivity contribution in [2.45, 2.75) is 31.9 Å². The zero-order valence-corrected chi connectivity index (χ0v) is 10.7. The van der Waals surface area contributed by atoms with E-state index >= 15 is 0 Å². The second-order valence-corrected chi connectivity index (χ2v) is 4.99. The third-order valence-corrected chi connectivity index (χ3v) is 3.80. The first-order chi connectivity index (χ1) is 8.93. The molecule has 0 radical (unpaired) electrons. The second-order valence-electron chi connectivity index (χ2n) is 4.99. The quantitative estimate of drug-likeness (QED) is 0.820. The number of benzene rings is 1. The predicted octanol–water partition coefficient (Wildman–Crippen LogP) is 3.95. The third kappa shape index (κ3) is 3.08. The van der Waals surface area contributed by atoms with E-state index in [1.165, 1.54) is 6.07 Å². The SMILES string of the molecule is CCNCC1CCC1c1ccc(F)c(C(F)(F)F)c1. The summed E-state index contributed by atoms with van der Waals surface area (Å²) in [5, 5.41) is 3.21. The molecule has 1 aromatic carbocycles. The van der Waals surface area contributed by atoms with Gasteiger partial charge in [-0.05, 0) is 55.5 Å². The smallest absolute Gasteiger partial charge is 0.317 e. The Morgan fingerprint density at radius 3 is 2.53 bits per heavy atom. The number of alkyl halides is 3. The molecule has 19 heavy (non-hydrogen) atoms. The Balaban J connectivity index is 2.17. The summed E-state index contributed by atoms with van der Waals surface area (Å²) in [5.74, 6) is -0.731. The highest BCUT2D eigenvalue weighted by Crippen LogP contribution is 2.43. The maximum atomic E-state index is 13.2. The standard InChI is InChI=1S/C14H17F4N/c1-2-19-8-10-3-5-11(10)9-4-6-13(15)12(7-9)14(16,17)18/h4,6-7,10-11,19H,2-3,5,8H2,1H3. The van der Waals surface area contributed by atoms with E-state index in [4.69, 9.17) is 0 Å². The van der Waals surface area contributed by atoms with Crippen molar-refractivity contribution in [1.82, 2.24) is 5.32 Å². The molecule has 0 spiro atoms. The molecule has 1 saturated carbocycles. The van der Waals surface area contributed by atoms with E-state index in [-0.39, 0.29) is 5.92 Å². The average molecular weight is 275 g/mol. The first kappa shape index (κ1) is 14.3. The first-order valence-electron chi connectivity index (χ1n) is 6.50. The van der Waals surface area contributed by atoms with Gasteiger partial charge in [-0.3, -0.25) is 0 Å². The Bertz CT molecular complexity index is 442. The van der Waals surface area contributed by atoms with Crippen molar-refractivity contribution in [3.8, 4) is 0 Å². The van der Waals surface area contributed by atoms with E-state index in [0.29, 0.717) is 11.5 Å². The van der Waals surface area contributed by atoms with Gasteiger partial charge in [0.25, 0.3) is 0 Å². The fourth-order valence-corrected chi connectivity index (χ4v) is 2.57. The van der Waals surface area contributed by atoms with Crippen molar-refractivity contribution in [3.05, 3.63) is 35.1 Å². The Morgan fingerprint density at radius 1 is 1.26 bits per heavy atom. The molecule has 1 aliphatic carbocycles. The summed E-state index contributed by atoms with van der Waals surface area (Å²) in [4.78, 5) is 0. The van der Waals surface area contributed by atoms with Gasteiger partial charge in [-0.25, -0.2) is 4.39 Å². The Morgan fingerprint density at radius 2 is 2.00 bits per heavy atom. The van der Waals surface area contributed by atoms with Gasteiger partial charge in [0.15, 0.2) is 0 Å². The summed E-state index contributed by atoms with van der Waals surface area (Å²) in [5.41, 5.74) is -0.554. The van der Waals surface area contributed by atoms with Crippen LogP contribution >= 0.6 is 0 Å². The number of halogens is 4. The molecule has 1 aromatic rings. The molecule has 1 aliphatic rings. The summed E-state index contributed by atoms with van der Waals surface area (Å²) < 4.78 is 51.2. The van der Waals surface area contributed by atoms with Gasteiger partial charge in [0.05, 0.1) is 5.56 Å². The lowest BCUT2D eigenvalue weighted by molar-refractivity contribution is -0.140. The van der Waals surface area contributed by atoms with Crippen molar-refractivity contribution in [3.63, 3.8) is 0 Å². The minimum atomic E-state index is -4.62. The van der Waals surface area contributed by atoms with Crippen molar-refractivity contribution in [2.24, 2.45) is 5.92 Å². The van der Waals surface area contributed by atoms with E-state index in [1.54, 1.807) is 0 Å². The molecule has 0 heterocycles. The number of rotatable bonds is 4. The normalized spacial score (nSPS) is 23.2.